The summed E-state index contributed by atoms with van der Waals surface area (Å²) in [6.45, 7) is 8.66. The van der Waals surface area contributed by atoms with Crippen LogP contribution in [0.2, 0.25) is 0 Å². The van der Waals surface area contributed by atoms with Gasteiger partial charge in [0.25, 0.3) is 0 Å². The number of aryl methyl sites for hydroxylation is 2. The lowest BCUT2D eigenvalue weighted by molar-refractivity contribution is -0.117. The van der Waals surface area contributed by atoms with Crippen LogP contribution >= 0.6 is 0 Å². The lowest BCUT2D eigenvalue weighted by Crippen LogP contribution is -2.24. The molecular formula is C25H31NO. The van der Waals surface area contributed by atoms with Crippen molar-refractivity contribution < 1.29 is 4.79 Å². The van der Waals surface area contributed by atoms with Crippen LogP contribution in [0.1, 0.15) is 74.4 Å². The van der Waals surface area contributed by atoms with Crippen molar-refractivity contribution in [3.8, 4) is 0 Å². The Bertz CT molecular complexity index is 824. The molecule has 0 saturated heterocycles. The summed E-state index contributed by atoms with van der Waals surface area (Å²) in [6, 6.07) is 15.1. The SMILES string of the molecule is C[C@@H](NC(=O)/C=C/c1ccc(C(C)(C)C)cc1)c1ccc2c(c1)CCCC2. The predicted octanol–water partition coefficient (Wildman–Crippen LogP) is 5.75. The monoisotopic (exact) mass is 361 g/mol. The predicted molar refractivity (Wildman–Crippen MR) is 114 cm³/mol. The maximum absolute atomic E-state index is 12.3. The third kappa shape index (κ3) is 5.09. The highest BCUT2D eigenvalue weighted by molar-refractivity contribution is 5.92. The number of amides is 1. The average molecular weight is 362 g/mol. The van der Waals surface area contributed by atoms with Crippen molar-refractivity contribution in [1.29, 1.82) is 0 Å². The molecule has 1 aliphatic rings. The van der Waals surface area contributed by atoms with Crippen LogP contribution in [0, 0.1) is 0 Å². The minimum Gasteiger partial charge on any atom is -0.346 e. The minimum absolute atomic E-state index is 0.0117. The molecule has 1 amide bonds. The maximum Gasteiger partial charge on any atom is 0.244 e. The zero-order chi connectivity index (χ0) is 19.4. The number of carbonyl (C=O) groups is 1. The van der Waals surface area contributed by atoms with Gasteiger partial charge in [-0.3, -0.25) is 4.79 Å². The number of hydrogen-bond donors (Lipinski definition) is 1. The third-order valence-electron chi connectivity index (χ3n) is 5.44. The molecule has 1 N–H and O–H groups in total. The number of nitrogens with one attached hydrogen (secondary N) is 1. The molecule has 2 aromatic rings. The van der Waals surface area contributed by atoms with Crippen LogP contribution in [0.3, 0.4) is 0 Å². The summed E-state index contributed by atoms with van der Waals surface area (Å²) >= 11 is 0. The fourth-order valence-corrected chi connectivity index (χ4v) is 3.63. The summed E-state index contributed by atoms with van der Waals surface area (Å²) in [5.41, 5.74) is 6.59. The second-order valence-electron chi connectivity index (χ2n) is 8.67. The van der Waals surface area contributed by atoms with E-state index in [-0.39, 0.29) is 17.4 Å². The molecule has 2 heteroatoms. The van der Waals surface area contributed by atoms with E-state index in [1.54, 1.807) is 6.08 Å². The van der Waals surface area contributed by atoms with Gasteiger partial charge in [-0.05, 0) is 71.9 Å². The number of benzene rings is 2. The molecular weight excluding hydrogens is 330 g/mol. The second kappa shape index (κ2) is 8.12. The van der Waals surface area contributed by atoms with E-state index in [2.05, 4.69) is 75.5 Å². The van der Waals surface area contributed by atoms with Gasteiger partial charge in [-0.15, -0.1) is 0 Å². The lowest BCUT2D eigenvalue weighted by atomic mass is 9.87. The van der Waals surface area contributed by atoms with Crippen molar-refractivity contribution in [1.82, 2.24) is 5.32 Å². The molecule has 1 aliphatic carbocycles. The van der Waals surface area contributed by atoms with Gasteiger partial charge in [0.15, 0.2) is 0 Å². The number of carbonyl (C=O) groups excluding carboxylic acids is 1. The second-order valence-corrected chi connectivity index (χ2v) is 8.67. The maximum atomic E-state index is 12.3. The molecule has 0 heterocycles. The van der Waals surface area contributed by atoms with E-state index < -0.39 is 0 Å². The lowest BCUT2D eigenvalue weighted by Gasteiger charge is -2.19. The van der Waals surface area contributed by atoms with Crippen LogP contribution in [-0.4, -0.2) is 5.91 Å². The van der Waals surface area contributed by atoms with E-state index >= 15 is 0 Å². The highest BCUT2D eigenvalue weighted by Gasteiger charge is 2.14. The summed E-state index contributed by atoms with van der Waals surface area (Å²) in [7, 11) is 0. The van der Waals surface area contributed by atoms with Gasteiger partial charge in [-0.25, -0.2) is 0 Å². The number of fused-ring (bicyclic) bond motifs is 1. The molecule has 0 unspecified atom stereocenters. The topological polar surface area (TPSA) is 29.1 Å². The zero-order valence-corrected chi connectivity index (χ0v) is 17.0. The van der Waals surface area contributed by atoms with Gasteiger partial charge in [-0.1, -0.05) is 63.2 Å². The summed E-state index contributed by atoms with van der Waals surface area (Å²) in [5, 5.41) is 3.08. The van der Waals surface area contributed by atoms with E-state index in [1.807, 2.05) is 6.08 Å². The zero-order valence-electron chi connectivity index (χ0n) is 17.0. The molecule has 0 fully saturated rings. The summed E-state index contributed by atoms with van der Waals surface area (Å²) < 4.78 is 0. The molecule has 0 aliphatic heterocycles. The molecule has 0 bridgehead atoms. The molecule has 0 radical (unpaired) electrons. The van der Waals surface area contributed by atoms with E-state index in [9.17, 15) is 4.79 Å². The molecule has 0 spiro atoms. The van der Waals surface area contributed by atoms with Crippen LogP contribution in [0.4, 0.5) is 0 Å². The van der Waals surface area contributed by atoms with Gasteiger partial charge in [0.2, 0.25) is 5.91 Å². The van der Waals surface area contributed by atoms with Gasteiger partial charge in [0, 0.05) is 6.08 Å². The summed E-state index contributed by atoms with van der Waals surface area (Å²) in [6.07, 6.45) is 8.41. The molecule has 0 saturated carbocycles. The fourth-order valence-electron chi connectivity index (χ4n) is 3.63. The van der Waals surface area contributed by atoms with Crippen LogP contribution in [-0.2, 0) is 23.1 Å². The molecule has 3 rings (SSSR count). The van der Waals surface area contributed by atoms with E-state index in [1.165, 1.54) is 41.5 Å². The van der Waals surface area contributed by atoms with Crippen molar-refractivity contribution in [2.24, 2.45) is 0 Å². The van der Waals surface area contributed by atoms with Crippen molar-refractivity contribution in [2.75, 3.05) is 0 Å². The Morgan fingerprint density at radius 3 is 2.33 bits per heavy atom. The highest BCUT2D eigenvalue weighted by Crippen LogP contribution is 2.25. The van der Waals surface area contributed by atoms with Crippen molar-refractivity contribution in [3.05, 3.63) is 76.4 Å². The van der Waals surface area contributed by atoms with Crippen LogP contribution < -0.4 is 5.32 Å². The summed E-state index contributed by atoms with van der Waals surface area (Å²) in [4.78, 5) is 12.3. The molecule has 2 aromatic carbocycles. The minimum atomic E-state index is -0.0554. The van der Waals surface area contributed by atoms with Gasteiger partial charge in [0.1, 0.15) is 0 Å². The first kappa shape index (κ1) is 19.4. The number of rotatable bonds is 4. The summed E-state index contributed by atoms with van der Waals surface area (Å²) in [5.74, 6) is -0.0554. The average Bonchev–Trinajstić information content (AvgIpc) is 2.65. The van der Waals surface area contributed by atoms with Crippen molar-refractivity contribution in [2.45, 2.75) is 64.8 Å². The van der Waals surface area contributed by atoms with E-state index in [0.29, 0.717) is 0 Å². The molecule has 0 aromatic heterocycles. The molecule has 142 valence electrons. The fraction of sp³-hybridized carbons (Fsp3) is 0.400. The van der Waals surface area contributed by atoms with E-state index in [4.69, 9.17) is 0 Å². The van der Waals surface area contributed by atoms with E-state index in [0.717, 1.165) is 12.0 Å². The Hall–Kier alpha value is -2.35. The van der Waals surface area contributed by atoms with Crippen LogP contribution in [0.5, 0.6) is 0 Å². The Labute approximate surface area is 163 Å². The van der Waals surface area contributed by atoms with Gasteiger partial charge in [-0.2, -0.15) is 0 Å². The largest absolute Gasteiger partial charge is 0.346 e. The molecule has 27 heavy (non-hydrogen) atoms. The van der Waals surface area contributed by atoms with Gasteiger partial charge >= 0.3 is 0 Å². The Kier molecular flexibility index (Phi) is 5.84. The van der Waals surface area contributed by atoms with Crippen LogP contribution in [0.25, 0.3) is 6.08 Å². The first-order valence-electron chi connectivity index (χ1n) is 10.0. The Balaban J connectivity index is 1.60. The van der Waals surface area contributed by atoms with Gasteiger partial charge in [0.05, 0.1) is 6.04 Å². The Morgan fingerprint density at radius 1 is 1.00 bits per heavy atom. The number of hydrogen-bond acceptors (Lipinski definition) is 1. The van der Waals surface area contributed by atoms with Gasteiger partial charge < -0.3 is 5.32 Å². The third-order valence-corrected chi connectivity index (χ3v) is 5.44. The van der Waals surface area contributed by atoms with Crippen molar-refractivity contribution in [3.63, 3.8) is 0 Å². The smallest absolute Gasteiger partial charge is 0.244 e. The highest BCUT2D eigenvalue weighted by atomic mass is 16.1. The standard InChI is InChI=1S/C25H31NO/c1-18(21-13-12-20-7-5-6-8-22(20)17-21)26-24(27)16-11-19-9-14-23(15-10-19)25(2,3)4/h9-18H,5-8H2,1-4H3,(H,26,27)/b16-11+/t18-/m1/s1. The quantitative estimate of drug-likeness (QED) is 0.690. The molecule has 2 nitrogen and oxygen atoms in total. The first-order valence-corrected chi connectivity index (χ1v) is 10.0. The van der Waals surface area contributed by atoms with Crippen LogP contribution in [0.15, 0.2) is 48.5 Å². The van der Waals surface area contributed by atoms with Crippen molar-refractivity contribution >= 4 is 12.0 Å². The first-order chi connectivity index (χ1) is 12.8. The Morgan fingerprint density at radius 2 is 1.67 bits per heavy atom. The normalized spacial score (nSPS) is 15.4. The molecule has 1 atom stereocenters.